The van der Waals surface area contributed by atoms with Crippen molar-refractivity contribution in [3.05, 3.63) is 71.8 Å². The standard InChI is InChI=1S/C22H22N2O3S/c1-26-20-10-9-19(21(12-20)27-2)13-23-24-22(25)15-28-14-16-7-8-17-5-3-4-6-18(17)11-16/h3-13H,14-15H2,1-2H3,(H,24,25)/b23-13-. The van der Waals surface area contributed by atoms with Gasteiger partial charge in [0.25, 0.3) is 0 Å². The summed E-state index contributed by atoms with van der Waals surface area (Å²) in [5.41, 5.74) is 4.50. The lowest BCUT2D eigenvalue weighted by Gasteiger charge is -2.07. The Kier molecular flexibility index (Phi) is 6.92. The van der Waals surface area contributed by atoms with E-state index in [2.05, 4.69) is 40.9 Å². The van der Waals surface area contributed by atoms with E-state index in [-0.39, 0.29) is 5.91 Å². The maximum atomic E-state index is 12.0. The topological polar surface area (TPSA) is 59.9 Å². The number of rotatable bonds is 8. The van der Waals surface area contributed by atoms with Gasteiger partial charge in [0.15, 0.2) is 0 Å². The summed E-state index contributed by atoms with van der Waals surface area (Å²) in [4.78, 5) is 12.0. The molecule has 6 heteroatoms. The van der Waals surface area contributed by atoms with Crippen molar-refractivity contribution in [3.8, 4) is 11.5 Å². The molecule has 0 heterocycles. The number of hydrogen-bond donors (Lipinski definition) is 1. The average Bonchev–Trinajstić information content (AvgIpc) is 2.73. The molecule has 3 rings (SSSR count). The Morgan fingerprint density at radius 2 is 1.86 bits per heavy atom. The molecule has 3 aromatic rings. The second-order valence-electron chi connectivity index (χ2n) is 6.08. The monoisotopic (exact) mass is 394 g/mol. The van der Waals surface area contributed by atoms with Gasteiger partial charge < -0.3 is 9.47 Å². The van der Waals surface area contributed by atoms with Crippen LogP contribution in [0.5, 0.6) is 11.5 Å². The van der Waals surface area contributed by atoms with Crippen LogP contribution in [0.25, 0.3) is 10.8 Å². The van der Waals surface area contributed by atoms with Crippen molar-refractivity contribution >= 4 is 34.7 Å². The zero-order valence-electron chi connectivity index (χ0n) is 15.8. The third kappa shape index (κ3) is 5.27. The van der Waals surface area contributed by atoms with Gasteiger partial charge in [0, 0.05) is 17.4 Å². The number of fused-ring (bicyclic) bond motifs is 1. The summed E-state index contributed by atoms with van der Waals surface area (Å²) in [6.45, 7) is 0. The second-order valence-corrected chi connectivity index (χ2v) is 7.06. The summed E-state index contributed by atoms with van der Waals surface area (Å²) in [6.07, 6.45) is 1.56. The summed E-state index contributed by atoms with van der Waals surface area (Å²) >= 11 is 1.55. The lowest BCUT2D eigenvalue weighted by Crippen LogP contribution is -2.19. The van der Waals surface area contributed by atoms with E-state index >= 15 is 0 Å². The molecule has 0 saturated carbocycles. The zero-order chi connectivity index (χ0) is 19.8. The molecule has 28 heavy (non-hydrogen) atoms. The van der Waals surface area contributed by atoms with Crippen molar-refractivity contribution in [1.29, 1.82) is 0 Å². The first-order valence-corrected chi connectivity index (χ1v) is 9.94. The first-order chi connectivity index (χ1) is 13.7. The van der Waals surface area contributed by atoms with Crippen LogP contribution in [0.15, 0.2) is 65.8 Å². The van der Waals surface area contributed by atoms with Crippen molar-refractivity contribution in [2.24, 2.45) is 5.10 Å². The molecule has 0 spiro atoms. The normalized spacial score (nSPS) is 10.9. The number of carbonyl (C=O) groups is 1. The van der Waals surface area contributed by atoms with E-state index < -0.39 is 0 Å². The molecule has 0 radical (unpaired) electrons. The van der Waals surface area contributed by atoms with Gasteiger partial charge in [-0.25, -0.2) is 5.43 Å². The molecule has 0 aliphatic carbocycles. The van der Waals surface area contributed by atoms with E-state index in [4.69, 9.17) is 9.47 Å². The van der Waals surface area contributed by atoms with Gasteiger partial charge >= 0.3 is 0 Å². The molecule has 1 amide bonds. The highest BCUT2D eigenvalue weighted by Gasteiger charge is 2.04. The number of thioether (sulfide) groups is 1. The predicted octanol–water partition coefficient (Wildman–Crippen LogP) is 4.24. The highest BCUT2D eigenvalue weighted by atomic mass is 32.2. The van der Waals surface area contributed by atoms with Crippen LogP contribution in [0.1, 0.15) is 11.1 Å². The Labute approximate surface area is 168 Å². The van der Waals surface area contributed by atoms with Crippen molar-refractivity contribution < 1.29 is 14.3 Å². The smallest absolute Gasteiger partial charge is 0.250 e. The molecule has 0 aliphatic heterocycles. The van der Waals surface area contributed by atoms with Gasteiger partial charge in [0.2, 0.25) is 5.91 Å². The number of hydrazone groups is 1. The van der Waals surface area contributed by atoms with Gasteiger partial charge in [-0.15, -0.1) is 11.8 Å². The van der Waals surface area contributed by atoms with E-state index in [1.165, 1.54) is 16.3 Å². The molecule has 0 aliphatic rings. The highest BCUT2D eigenvalue weighted by Crippen LogP contribution is 2.23. The minimum Gasteiger partial charge on any atom is -0.497 e. The number of benzene rings is 3. The lowest BCUT2D eigenvalue weighted by atomic mass is 10.1. The van der Waals surface area contributed by atoms with Gasteiger partial charge in [-0.1, -0.05) is 42.5 Å². The van der Waals surface area contributed by atoms with Crippen LogP contribution in [0, 0.1) is 0 Å². The van der Waals surface area contributed by atoms with Crippen molar-refractivity contribution in [2.45, 2.75) is 5.75 Å². The number of amides is 1. The molecule has 0 aromatic heterocycles. The second kappa shape index (κ2) is 9.80. The Balaban J connectivity index is 1.48. The fourth-order valence-corrected chi connectivity index (χ4v) is 3.49. The fourth-order valence-electron chi connectivity index (χ4n) is 2.72. The van der Waals surface area contributed by atoms with Crippen LogP contribution >= 0.6 is 11.8 Å². The lowest BCUT2D eigenvalue weighted by molar-refractivity contribution is -0.118. The third-order valence-corrected chi connectivity index (χ3v) is 5.15. The Hall–Kier alpha value is -2.99. The SMILES string of the molecule is COc1ccc(/C=N\NC(=O)CSCc2ccc3ccccc3c2)c(OC)c1. The fraction of sp³-hybridized carbons (Fsp3) is 0.182. The molecule has 0 bridgehead atoms. The van der Waals surface area contributed by atoms with Gasteiger partial charge in [-0.05, 0) is 28.5 Å². The summed E-state index contributed by atoms with van der Waals surface area (Å²) in [5, 5.41) is 6.44. The van der Waals surface area contributed by atoms with Crippen molar-refractivity contribution in [3.63, 3.8) is 0 Å². The Bertz CT molecular complexity index is 988. The highest BCUT2D eigenvalue weighted by molar-refractivity contribution is 7.99. The van der Waals surface area contributed by atoms with Crippen LogP contribution in [0.3, 0.4) is 0 Å². The third-order valence-electron chi connectivity index (χ3n) is 4.15. The molecular weight excluding hydrogens is 372 g/mol. The Morgan fingerprint density at radius 3 is 2.64 bits per heavy atom. The molecule has 0 fully saturated rings. The average molecular weight is 394 g/mol. The largest absolute Gasteiger partial charge is 0.497 e. The molecule has 5 nitrogen and oxygen atoms in total. The van der Waals surface area contributed by atoms with Crippen LogP contribution in [0.2, 0.25) is 0 Å². The van der Waals surface area contributed by atoms with Crippen LogP contribution in [-0.2, 0) is 10.5 Å². The van der Waals surface area contributed by atoms with Crippen LogP contribution in [-0.4, -0.2) is 32.1 Å². The van der Waals surface area contributed by atoms with E-state index in [9.17, 15) is 4.79 Å². The molecule has 0 atom stereocenters. The molecule has 144 valence electrons. The van der Waals surface area contributed by atoms with Gasteiger partial charge in [0.05, 0.1) is 26.2 Å². The minimum absolute atomic E-state index is 0.144. The number of nitrogens with zero attached hydrogens (tertiary/aromatic N) is 1. The number of nitrogens with one attached hydrogen (secondary N) is 1. The summed E-state index contributed by atoms with van der Waals surface area (Å²) in [5.74, 6) is 2.29. The maximum absolute atomic E-state index is 12.0. The summed E-state index contributed by atoms with van der Waals surface area (Å²) in [7, 11) is 3.17. The zero-order valence-corrected chi connectivity index (χ0v) is 16.7. The van der Waals surface area contributed by atoms with Crippen LogP contribution in [0.4, 0.5) is 0 Å². The van der Waals surface area contributed by atoms with E-state index in [1.54, 1.807) is 38.3 Å². The van der Waals surface area contributed by atoms with E-state index in [0.29, 0.717) is 17.3 Å². The van der Waals surface area contributed by atoms with Crippen molar-refractivity contribution in [2.75, 3.05) is 20.0 Å². The number of ether oxygens (including phenoxy) is 2. The number of carbonyl (C=O) groups excluding carboxylic acids is 1. The first-order valence-electron chi connectivity index (χ1n) is 8.79. The number of hydrogen-bond acceptors (Lipinski definition) is 5. The molecular formula is C22H22N2O3S. The van der Waals surface area contributed by atoms with E-state index in [1.807, 2.05) is 24.3 Å². The predicted molar refractivity (Wildman–Crippen MR) is 115 cm³/mol. The molecule has 0 unspecified atom stereocenters. The molecule has 0 saturated heterocycles. The quantitative estimate of drug-likeness (QED) is 0.459. The summed E-state index contributed by atoms with van der Waals surface area (Å²) in [6, 6.07) is 20.0. The van der Waals surface area contributed by atoms with Crippen LogP contribution < -0.4 is 14.9 Å². The minimum atomic E-state index is -0.144. The summed E-state index contributed by atoms with van der Waals surface area (Å²) < 4.78 is 10.5. The van der Waals surface area contributed by atoms with E-state index in [0.717, 1.165) is 11.3 Å². The molecule has 3 aromatic carbocycles. The van der Waals surface area contributed by atoms with Gasteiger partial charge in [0.1, 0.15) is 11.5 Å². The molecule has 1 N–H and O–H groups in total. The first kappa shape index (κ1) is 19.8. The van der Waals surface area contributed by atoms with Gasteiger partial charge in [-0.3, -0.25) is 4.79 Å². The van der Waals surface area contributed by atoms with Gasteiger partial charge in [-0.2, -0.15) is 5.10 Å². The van der Waals surface area contributed by atoms with Crippen molar-refractivity contribution in [1.82, 2.24) is 5.43 Å². The Morgan fingerprint density at radius 1 is 1.04 bits per heavy atom. The maximum Gasteiger partial charge on any atom is 0.250 e. The number of methoxy groups -OCH3 is 2.